The second kappa shape index (κ2) is 4.60. The van der Waals surface area contributed by atoms with Gasteiger partial charge in [0, 0.05) is 32.7 Å². The molecule has 0 aromatic heterocycles. The van der Waals surface area contributed by atoms with Crippen LogP contribution in [-0.2, 0) is 4.94 Å². The molecule has 10 heavy (non-hydrogen) atoms. The summed E-state index contributed by atoms with van der Waals surface area (Å²) in [5.41, 5.74) is 0. The monoisotopic (exact) mass is 148 g/mol. The Balaban J connectivity index is 2.02. The van der Waals surface area contributed by atoms with Crippen LogP contribution in [0.4, 0.5) is 4.53 Å². The highest BCUT2D eigenvalue weighted by molar-refractivity contribution is 4.66. The molecule has 1 aliphatic heterocycles. The van der Waals surface area contributed by atoms with Crippen LogP contribution in [0.15, 0.2) is 0 Å². The Morgan fingerprint density at radius 1 is 1.40 bits per heavy atom. The van der Waals surface area contributed by atoms with Crippen LogP contribution in [0, 0.1) is 0 Å². The van der Waals surface area contributed by atoms with Gasteiger partial charge in [-0.3, -0.25) is 4.90 Å². The molecule has 1 N–H and O–H groups in total. The summed E-state index contributed by atoms with van der Waals surface area (Å²) in [6.45, 7) is 4.92. The zero-order valence-electron chi connectivity index (χ0n) is 5.98. The Kier molecular flexibility index (Phi) is 3.64. The van der Waals surface area contributed by atoms with Gasteiger partial charge in [0.25, 0.3) is 0 Å². The van der Waals surface area contributed by atoms with Gasteiger partial charge in [-0.1, -0.05) is 0 Å². The van der Waals surface area contributed by atoms with E-state index in [-0.39, 0.29) is 6.61 Å². The predicted molar refractivity (Wildman–Crippen MR) is 36.4 cm³/mol. The van der Waals surface area contributed by atoms with E-state index in [2.05, 4.69) is 15.2 Å². The van der Waals surface area contributed by atoms with E-state index in [4.69, 9.17) is 0 Å². The molecule has 0 unspecified atom stereocenters. The van der Waals surface area contributed by atoms with Crippen LogP contribution >= 0.6 is 0 Å². The normalized spacial score (nSPS) is 21.3. The smallest absolute Gasteiger partial charge is 0.100 e. The largest absolute Gasteiger partial charge is 0.314 e. The van der Waals surface area contributed by atoms with E-state index in [1.807, 2.05) is 0 Å². The van der Waals surface area contributed by atoms with Gasteiger partial charge < -0.3 is 5.32 Å². The van der Waals surface area contributed by atoms with Crippen LogP contribution < -0.4 is 5.32 Å². The standard InChI is InChI=1S/C6H13FN2O/c7-10-6-5-9-3-1-8-2-4-9/h8H,1-6H2. The van der Waals surface area contributed by atoms with Gasteiger partial charge in [-0.05, 0) is 4.53 Å². The molecule has 1 aliphatic rings. The van der Waals surface area contributed by atoms with E-state index in [9.17, 15) is 4.53 Å². The fourth-order valence-electron chi connectivity index (χ4n) is 1.10. The molecule has 0 aromatic carbocycles. The maximum atomic E-state index is 11.2. The lowest BCUT2D eigenvalue weighted by Crippen LogP contribution is -2.44. The molecule has 60 valence electrons. The molecule has 3 nitrogen and oxygen atoms in total. The Labute approximate surface area is 60.0 Å². The highest BCUT2D eigenvalue weighted by atomic mass is 19.3. The summed E-state index contributed by atoms with van der Waals surface area (Å²) >= 11 is 0. The number of halogens is 1. The number of hydrogen-bond acceptors (Lipinski definition) is 3. The molecule has 1 heterocycles. The van der Waals surface area contributed by atoms with Crippen molar-refractivity contribution in [1.29, 1.82) is 0 Å². The molecule has 0 spiro atoms. The molecule has 0 saturated carbocycles. The van der Waals surface area contributed by atoms with E-state index in [1.165, 1.54) is 0 Å². The SMILES string of the molecule is FOCCN1CCNCC1. The minimum atomic E-state index is 0.194. The lowest BCUT2D eigenvalue weighted by atomic mass is 10.4. The minimum absolute atomic E-state index is 0.194. The van der Waals surface area contributed by atoms with Gasteiger partial charge in [0.1, 0.15) is 6.61 Å². The van der Waals surface area contributed by atoms with Crippen molar-refractivity contribution in [1.82, 2.24) is 10.2 Å². The lowest BCUT2D eigenvalue weighted by Gasteiger charge is -2.26. The molecular formula is C6H13FN2O. The van der Waals surface area contributed by atoms with Crippen LogP contribution in [0.25, 0.3) is 0 Å². The molecule has 1 fully saturated rings. The third kappa shape index (κ3) is 2.60. The summed E-state index contributed by atoms with van der Waals surface area (Å²) in [6, 6.07) is 0. The zero-order valence-corrected chi connectivity index (χ0v) is 5.98. The predicted octanol–water partition coefficient (Wildman–Crippen LogP) is -0.207. The summed E-state index contributed by atoms with van der Waals surface area (Å²) < 4.78 is 11.2. The second-order valence-corrected chi connectivity index (χ2v) is 2.40. The number of piperazine rings is 1. The van der Waals surface area contributed by atoms with Gasteiger partial charge in [0.2, 0.25) is 0 Å². The first-order chi connectivity index (χ1) is 4.93. The zero-order chi connectivity index (χ0) is 7.23. The van der Waals surface area contributed by atoms with Crippen molar-refractivity contribution in [2.24, 2.45) is 0 Å². The summed E-state index contributed by atoms with van der Waals surface area (Å²) in [7, 11) is 0. The fraction of sp³-hybridized carbons (Fsp3) is 1.00. The van der Waals surface area contributed by atoms with Crippen LogP contribution in [0.1, 0.15) is 0 Å². The van der Waals surface area contributed by atoms with Crippen molar-refractivity contribution in [2.45, 2.75) is 0 Å². The van der Waals surface area contributed by atoms with Crippen molar-refractivity contribution >= 4 is 0 Å². The maximum absolute atomic E-state index is 11.2. The number of nitrogens with one attached hydrogen (secondary N) is 1. The van der Waals surface area contributed by atoms with Crippen molar-refractivity contribution in [3.63, 3.8) is 0 Å². The quantitative estimate of drug-likeness (QED) is 0.599. The number of nitrogens with zero attached hydrogens (tertiary/aromatic N) is 1. The van der Waals surface area contributed by atoms with E-state index in [0.29, 0.717) is 6.54 Å². The first kappa shape index (κ1) is 7.91. The molecule has 0 radical (unpaired) electrons. The molecule has 0 amide bonds. The van der Waals surface area contributed by atoms with E-state index in [0.717, 1.165) is 26.2 Å². The summed E-state index contributed by atoms with van der Waals surface area (Å²) in [4.78, 5) is 5.66. The van der Waals surface area contributed by atoms with Crippen molar-refractivity contribution in [3.05, 3.63) is 0 Å². The van der Waals surface area contributed by atoms with Gasteiger partial charge in [-0.25, -0.2) is 0 Å². The number of rotatable bonds is 3. The Morgan fingerprint density at radius 3 is 2.70 bits per heavy atom. The highest BCUT2D eigenvalue weighted by Gasteiger charge is 2.07. The Hall–Kier alpha value is -0.190. The summed E-state index contributed by atoms with van der Waals surface area (Å²) in [6.07, 6.45) is 0. The summed E-state index contributed by atoms with van der Waals surface area (Å²) in [5, 5.41) is 3.21. The van der Waals surface area contributed by atoms with E-state index >= 15 is 0 Å². The Morgan fingerprint density at radius 2 is 2.10 bits per heavy atom. The average molecular weight is 148 g/mol. The van der Waals surface area contributed by atoms with Crippen LogP contribution in [0.3, 0.4) is 0 Å². The Bertz CT molecular complexity index is 85.8. The van der Waals surface area contributed by atoms with Crippen LogP contribution in [0.5, 0.6) is 0 Å². The second-order valence-electron chi connectivity index (χ2n) is 2.40. The minimum Gasteiger partial charge on any atom is -0.314 e. The van der Waals surface area contributed by atoms with Crippen LogP contribution in [-0.4, -0.2) is 44.2 Å². The molecule has 1 rings (SSSR count). The van der Waals surface area contributed by atoms with Gasteiger partial charge in [-0.15, -0.1) is 0 Å². The van der Waals surface area contributed by atoms with Crippen LogP contribution in [0.2, 0.25) is 0 Å². The number of hydrogen-bond donors (Lipinski definition) is 1. The van der Waals surface area contributed by atoms with Gasteiger partial charge in [0.15, 0.2) is 0 Å². The highest BCUT2D eigenvalue weighted by Crippen LogP contribution is 1.91. The maximum Gasteiger partial charge on any atom is 0.100 e. The van der Waals surface area contributed by atoms with Gasteiger partial charge >= 0.3 is 0 Å². The topological polar surface area (TPSA) is 24.5 Å². The molecule has 1 saturated heterocycles. The third-order valence-corrected chi connectivity index (χ3v) is 1.69. The molecular weight excluding hydrogens is 135 g/mol. The first-order valence-corrected chi connectivity index (χ1v) is 3.60. The van der Waals surface area contributed by atoms with E-state index in [1.54, 1.807) is 0 Å². The molecule has 0 bridgehead atoms. The fourth-order valence-corrected chi connectivity index (χ4v) is 1.10. The van der Waals surface area contributed by atoms with Crippen molar-refractivity contribution < 1.29 is 9.47 Å². The molecule has 0 aromatic rings. The molecule has 0 aliphatic carbocycles. The first-order valence-electron chi connectivity index (χ1n) is 3.60. The van der Waals surface area contributed by atoms with Gasteiger partial charge in [-0.2, -0.15) is 4.94 Å². The van der Waals surface area contributed by atoms with Crippen molar-refractivity contribution in [2.75, 3.05) is 39.3 Å². The average Bonchev–Trinajstić information content (AvgIpc) is 2.03. The van der Waals surface area contributed by atoms with E-state index < -0.39 is 0 Å². The lowest BCUT2D eigenvalue weighted by molar-refractivity contribution is -0.136. The van der Waals surface area contributed by atoms with Gasteiger partial charge in [0.05, 0.1) is 0 Å². The molecule has 0 atom stereocenters. The van der Waals surface area contributed by atoms with Crippen molar-refractivity contribution in [3.8, 4) is 0 Å². The molecule has 4 heteroatoms. The third-order valence-electron chi connectivity index (χ3n) is 1.69. The summed E-state index contributed by atoms with van der Waals surface area (Å²) in [5.74, 6) is 0.